The number of fused-ring (bicyclic) bond motifs is 7. The van der Waals surface area contributed by atoms with Gasteiger partial charge in [-0.2, -0.15) is 9.97 Å². The molecule has 0 saturated heterocycles. The molecule has 0 radical (unpaired) electrons. The van der Waals surface area contributed by atoms with Crippen LogP contribution in [0.25, 0.3) is 83.6 Å². The lowest BCUT2D eigenvalue weighted by Gasteiger charge is -2.13. The van der Waals surface area contributed by atoms with Crippen LogP contribution in [0.3, 0.4) is 0 Å². The summed E-state index contributed by atoms with van der Waals surface area (Å²) in [5.41, 5.74) is 8.86. The highest BCUT2D eigenvalue weighted by atomic mass is 16.5. The zero-order valence-electron chi connectivity index (χ0n) is 28.4. The van der Waals surface area contributed by atoms with E-state index < -0.39 is 0 Å². The molecule has 0 spiro atoms. The molecule has 0 bridgehead atoms. The number of rotatable bonds is 6. The van der Waals surface area contributed by atoms with Crippen molar-refractivity contribution in [2.75, 3.05) is 0 Å². The van der Waals surface area contributed by atoms with Gasteiger partial charge in [0.05, 0.1) is 11.0 Å². The van der Waals surface area contributed by atoms with Crippen LogP contribution in [-0.4, -0.2) is 25.6 Å². The van der Waals surface area contributed by atoms with E-state index in [0.717, 1.165) is 77.3 Å². The summed E-state index contributed by atoms with van der Waals surface area (Å²) in [7, 11) is 0. The van der Waals surface area contributed by atoms with Crippen molar-refractivity contribution in [3.05, 3.63) is 164 Å². The Morgan fingerprint density at radius 2 is 1.25 bits per heavy atom. The molecule has 9 aromatic rings. The predicted octanol–water partition coefficient (Wildman–Crippen LogP) is 11.5. The molecule has 52 heavy (non-hydrogen) atoms. The highest BCUT2D eigenvalue weighted by Crippen LogP contribution is 2.46. The Labute approximate surface area is 300 Å². The third-order valence-electron chi connectivity index (χ3n) is 10.1. The molecule has 6 aromatic carbocycles. The van der Waals surface area contributed by atoms with E-state index in [-0.39, 0.29) is 12.0 Å². The molecule has 0 fully saturated rings. The van der Waals surface area contributed by atoms with E-state index in [0.29, 0.717) is 17.6 Å². The molecule has 0 saturated carbocycles. The SMILES string of the molecule is C=CC1c2c(cccc2-c2ccc3oc4ccc(-c5nc(-c6ccccc6)nc(-n6c7ccccc7c7ccccc76)n5)cc4c3c2)OC1/C=C\C. The van der Waals surface area contributed by atoms with Crippen LogP contribution in [0, 0.1) is 0 Å². The van der Waals surface area contributed by atoms with Gasteiger partial charge >= 0.3 is 0 Å². The second-order valence-corrected chi connectivity index (χ2v) is 13.1. The van der Waals surface area contributed by atoms with Gasteiger partial charge in [-0.1, -0.05) is 97.1 Å². The van der Waals surface area contributed by atoms with Gasteiger partial charge in [0.15, 0.2) is 11.6 Å². The molecule has 2 atom stereocenters. The number of allylic oxidation sites excluding steroid dienone is 1. The summed E-state index contributed by atoms with van der Waals surface area (Å²) in [4.78, 5) is 15.3. The molecule has 1 aliphatic rings. The van der Waals surface area contributed by atoms with E-state index in [1.165, 1.54) is 0 Å². The first-order valence-electron chi connectivity index (χ1n) is 17.5. The Morgan fingerprint density at radius 3 is 1.94 bits per heavy atom. The number of benzene rings is 6. The Kier molecular flexibility index (Phi) is 6.89. The number of hydrogen-bond acceptors (Lipinski definition) is 5. The number of ether oxygens (including phenoxy) is 1. The number of para-hydroxylation sites is 2. The zero-order chi connectivity index (χ0) is 34.8. The first kappa shape index (κ1) is 30.1. The first-order valence-corrected chi connectivity index (χ1v) is 17.5. The van der Waals surface area contributed by atoms with Crippen LogP contribution in [0.15, 0.2) is 163 Å². The lowest BCUT2D eigenvalue weighted by Crippen LogP contribution is -2.13. The zero-order valence-corrected chi connectivity index (χ0v) is 28.4. The summed E-state index contributed by atoms with van der Waals surface area (Å²) < 4.78 is 14.9. The molecular weight excluding hydrogens is 641 g/mol. The third-order valence-corrected chi connectivity index (χ3v) is 10.1. The standard InChI is InChI=1S/C46H32N4O2/c1-3-13-39-31(4-2)43-32(18-12-21-42(43)52-39)29-22-24-40-35(26-29)36-27-30(23-25-41(36)51-40)45-47-44(28-14-6-5-7-15-28)48-46(49-45)50-37-19-10-8-16-33(37)34-17-9-11-20-38(34)50/h3-27,31,39H,2H2,1H3/b13-3-. The van der Waals surface area contributed by atoms with Gasteiger partial charge in [-0.15, -0.1) is 6.58 Å². The smallest absolute Gasteiger partial charge is 0.238 e. The summed E-state index contributed by atoms with van der Waals surface area (Å²) in [5.74, 6) is 2.70. The van der Waals surface area contributed by atoms with Gasteiger partial charge in [-0.3, -0.25) is 4.57 Å². The van der Waals surface area contributed by atoms with Crippen molar-refractivity contribution < 1.29 is 9.15 Å². The number of nitrogens with zero attached hydrogens (tertiary/aromatic N) is 4. The summed E-state index contributed by atoms with van der Waals surface area (Å²) in [6.07, 6.45) is 6.05. The third kappa shape index (κ3) is 4.68. The maximum absolute atomic E-state index is 6.38. The number of aromatic nitrogens is 4. The van der Waals surface area contributed by atoms with Crippen LogP contribution in [0.1, 0.15) is 18.4 Å². The normalized spacial score (nSPS) is 15.6. The molecule has 6 heteroatoms. The van der Waals surface area contributed by atoms with E-state index in [2.05, 4.69) is 102 Å². The lowest BCUT2D eigenvalue weighted by atomic mass is 9.88. The molecule has 0 aliphatic carbocycles. The second-order valence-electron chi connectivity index (χ2n) is 13.1. The highest BCUT2D eigenvalue weighted by molar-refractivity contribution is 6.09. The lowest BCUT2D eigenvalue weighted by molar-refractivity contribution is 0.270. The summed E-state index contributed by atoms with van der Waals surface area (Å²) in [6, 6.07) is 45.7. The van der Waals surface area contributed by atoms with E-state index in [1.807, 2.05) is 67.6 Å². The predicted molar refractivity (Wildman–Crippen MR) is 210 cm³/mol. The van der Waals surface area contributed by atoms with Crippen molar-refractivity contribution >= 4 is 43.7 Å². The van der Waals surface area contributed by atoms with E-state index >= 15 is 0 Å². The van der Waals surface area contributed by atoms with Crippen molar-refractivity contribution in [1.29, 1.82) is 0 Å². The van der Waals surface area contributed by atoms with Gasteiger partial charge in [-0.05, 0) is 72.7 Å². The average molecular weight is 673 g/mol. The van der Waals surface area contributed by atoms with Crippen molar-refractivity contribution in [3.8, 4) is 45.6 Å². The van der Waals surface area contributed by atoms with E-state index in [9.17, 15) is 0 Å². The van der Waals surface area contributed by atoms with Crippen LogP contribution in [0.4, 0.5) is 0 Å². The van der Waals surface area contributed by atoms with Gasteiger partial charge in [-0.25, -0.2) is 4.98 Å². The largest absolute Gasteiger partial charge is 0.485 e. The Balaban J connectivity index is 1.16. The van der Waals surface area contributed by atoms with Crippen molar-refractivity contribution in [3.63, 3.8) is 0 Å². The molecule has 4 heterocycles. The van der Waals surface area contributed by atoms with Crippen molar-refractivity contribution in [1.82, 2.24) is 19.5 Å². The number of hydrogen-bond donors (Lipinski definition) is 0. The van der Waals surface area contributed by atoms with Crippen molar-refractivity contribution in [2.45, 2.75) is 18.9 Å². The Hall–Kier alpha value is -6.79. The highest BCUT2D eigenvalue weighted by Gasteiger charge is 2.33. The fraction of sp³-hybridized carbons (Fsp3) is 0.0652. The molecule has 1 aliphatic heterocycles. The van der Waals surface area contributed by atoms with Crippen molar-refractivity contribution in [2.24, 2.45) is 0 Å². The van der Waals surface area contributed by atoms with Crippen LogP contribution < -0.4 is 4.74 Å². The van der Waals surface area contributed by atoms with Crippen LogP contribution >= 0.6 is 0 Å². The monoisotopic (exact) mass is 672 g/mol. The quantitative estimate of drug-likeness (QED) is 0.165. The number of furan rings is 1. The molecule has 248 valence electrons. The van der Waals surface area contributed by atoms with Gasteiger partial charge < -0.3 is 9.15 Å². The minimum absolute atomic E-state index is 0.0529. The molecule has 10 rings (SSSR count). The van der Waals surface area contributed by atoms with Gasteiger partial charge in [0, 0.05) is 44.2 Å². The van der Waals surface area contributed by atoms with Crippen LogP contribution in [0.2, 0.25) is 0 Å². The van der Waals surface area contributed by atoms with E-state index in [1.54, 1.807) is 0 Å². The molecule has 6 nitrogen and oxygen atoms in total. The molecule has 0 amide bonds. The fourth-order valence-electron chi connectivity index (χ4n) is 7.76. The van der Waals surface area contributed by atoms with E-state index in [4.69, 9.17) is 24.1 Å². The molecule has 2 unspecified atom stereocenters. The van der Waals surface area contributed by atoms with Crippen LogP contribution in [-0.2, 0) is 0 Å². The topological polar surface area (TPSA) is 66.0 Å². The fourth-order valence-corrected chi connectivity index (χ4v) is 7.76. The summed E-state index contributed by atoms with van der Waals surface area (Å²) >= 11 is 0. The van der Waals surface area contributed by atoms with Crippen LogP contribution in [0.5, 0.6) is 5.75 Å². The Morgan fingerprint density at radius 1 is 0.615 bits per heavy atom. The maximum atomic E-state index is 6.38. The Bertz CT molecular complexity index is 2830. The minimum atomic E-state index is -0.0757. The van der Waals surface area contributed by atoms with Gasteiger partial charge in [0.2, 0.25) is 5.95 Å². The summed E-state index contributed by atoms with van der Waals surface area (Å²) in [6.45, 7) is 6.18. The summed E-state index contributed by atoms with van der Waals surface area (Å²) in [5, 5.41) is 4.31. The average Bonchev–Trinajstić information content (AvgIpc) is 3.86. The molecule has 0 N–H and O–H groups in total. The minimum Gasteiger partial charge on any atom is -0.485 e. The first-order chi connectivity index (χ1) is 25.7. The second kappa shape index (κ2) is 11.9. The van der Waals surface area contributed by atoms with Gasteiger partial charge in [0.25, 0.3) is 0 Å². The molecule has 3 aromatic heterocycles. The maximum Gasteiger partial charge on any atom is 0.238 e. The van der Waals surface area contributed by atoms with Gasteiger partial charge in [0.1, 0.15) is 23.0 Å². The molecular formula is C46H32N4O2.